The van der Waals surface area contributed by atoms with Crippen LogP contribution in [-0.2, 0) is 4.79 Å². The second-order valence-electron chi connectivity index (χ2n) is 7.34. The van der Waals surface area contributed by atoms with Crippen molar-refractivity contribution in [2.75, 3.05) is 23.2 Å². The number of carbonyl (C=O) groups excluding carboxylic acids is 2. The summed E-state index contributed by atoms with van der Waals surface area (Å²) in [6, 6.07) is 18.3. The van der Waals surface area contributed by atoms with Crippen LogP contribution in [0.25, 0.3) is 10.2 Å². The number of ether oxygens (including phenoxy) is 2. The molecule has 0 radical (unpaired) electrons. The summed E-state index contributed by atoms with van der Waals surface area (Å²) in [5.41, 5.74) is 3.81. The molecule has 0 aliphatic carbocycles. The third-order valence-corrected chi connectivity index (χ3v) is 7.17. The van der Waals surface area contributed by atoms with Gasteiger partial charge in [-0.15, -0.1) is 11.3 Å². The molecule has 0 bridgehead atoms. The molecule has 5 rings (SSSR count). The number of aryl methyl sites for hydroxylation is 1. The highest BCUT2D eigenvalue weighted by molar-refractivity contribution is 8.01. The van der Waals surface area contributed by atoms with Crippen molar-refractivity contribution >= 4 is 56.5 Å². The van der Waals surface area contributed by atoms with Crippen LogP contribution in [0.1, 0.15) is 15.9 Å². The molecule has 7 nitrogen and oxygen atoms in total. The first kappa shape index (κ1) is 21.3. The van der Waals surface area contributed by atoms with Gasteiger partial charge in [0, 0.05) is 16.9 Å². The summed E-state index contributed by atoms with van der Waals surface area (Å²) in [4.78, 5) is 29.5. The number of aromatic nitrogens is 1. The Balaban J connectivity index is 1.22. The molecular weight excluding hydrogens is 458 g/mol. The average molecular weight is 478 g/mol. The van der Waals surface area contributed by atoms with E-state index >= 15 is 0 Å². The quantitative estimate of drug-likeness (QED) is 0.366. The maximum atomic E-state index is 12.6. The van der Waals surface area contributed by atoms with Gasteiger partial charge in [0.2, 0.25) is 12.7 Å². The van der Waals surface area contributed by atoms with Gasteiger partial charge in [-0.25, -0.2) is 4.98 Å². The van der Waals surface area contributed by atoms with Crippen LogP contribution in [0.3, 0.4) is 0 Å². The minimum absolute atomic E-state index is 0.0785. The lowest BCUT2D eigenvalue weighted by Gasteiger charge is -2.06. The molecule has 166 valence electrons. The number of anilines is 2. The summed E-state index contributed by atoms with van der Waals surface area (Å²) >= 11 is 2.88. The molecule has 1 aliphatic heterocycles. The third-order valence-electron chi connectivity index (χ3n) is 5.01. The van der Waals surface area contributed by atoms with Crippen LogP contribution in [0.5, 0.6) is 11.5 Å². The topological polar surface area (TPSA) is 89.6 Å². The molecular formula is C24H19N3O4S2. The van der Waals surface area contributed by atoms with Gasteiger partial charge in [0.25, 0.3) is 5.91 Å². The summed E-state index contributed by atoms with van der Waals surface area (Å²) in [5.74, 6) is 1.15. The van der Waals surface area contributed by atoms with Crippen molar-refractivity contribution < 1.29 is 19.1 Å². The zero-order valence-corrected chi connectivity index (χ0v) is 19.2. The number of thioether (sulfide) groups is 1. The fourth-order valence-corrected chi connectivity index (χ4v) is 5.22. The molecule has 2 heterocycles. The molecule has 2 N–H and O–H groups in total. The predicted molar refractivity (Wildman–Crippen MR) is 131 cm³/mol. The number of nitrogens with one attached hydrogen (secondary N) is 2. The van der Waals surface area contributed by atoms with E-state index in [1.165, 1.54) is 23.1 Å². The number of hydrogen-bond donors (Lipinski definition) is 2. The Morgan fingerprint density at radius 2 is 1.88 bits per heavy atom. The summed E-state index contributed by atoms with van der Waals surface area (Å²) in [5, 5.41) is 5.84. The Kier molecular flexibility index (Phi) is 5.89. The van der Waals surface area contributed by atoms with E-state index < -0.39 is 0 Å². The van der Waals surface area contributed by atoms with Crippen molar-refractivity contribution in [3.8, 4) is 11.5 Å². The summed E-state index contributed by atoms with van der Waals surface area (Å²) < 4.78 is 12.4. The van der Waals surface area contributed by atoms with Crippen LogP contribution in [0.4, 0.5) is 11.4 Å². The highest BCUT2D eigenvalue weighted by atomic mass is 32.2. The molecule has 0 saturated heterocycles. The first-order chi connectivity index (χ1) is 16.0. The van der Waals surface area contributed by atoms with E-state index in [1.54, 1.807) is 18.2 Å². The van der Waals surface area contributed by atoms with Gasteiger partial charge in [0.15, 0.2) is 15.8 Å². The largest absolute Gasteiger partial charge is 0.454 e. The molecule has 1 aromatic heterocycles. The molecule has 0 atom stereocenters. The fraction of sp³-hybridized carbons (Fsp3) is 0.125. The number of benzene rings is 3. The van der Waals surface area contributed by atoms with E-state index in [2.05, 4.69) is 15.6 Å². The van der Waals surface area contributed by atoms with Crippen molar-refractivity contribution in [3.63, 3.8) is 0 Å². The Labute approximate surface area is 198 Å². The van der Waals surface area contributed by atoms with E-state index in [4.69, 9.17) is 9.47 Å². The van der Waals surface area contributed by atoms with E-state index in [0.29, 0.717) is 22.7 Å². The first-order valence-corrected chi connectivity index (χ1v) is 12.0. The smallest absolute Gasteiger partial charge is 0.255 e. The number of para-hydroxylation sites is 1. The van der Waals surface area contributed by atoms with Gasteiger partial charge in [-0.1, -0.05) is 30.0 Å². The molecule has 3 aromatic carbocycles. The van der Waals surface area contributed by atoms with Gasteiger partial charge in [0.1, 0.15) is 0 Å². The Morgan fingerprint density at radius 1 is 1.03 bits per heavy atom. The summed E-state index contributed by atoms with van der Waals surface area (Å²) in [6.07, 6.45) is 0. The van der Waals surface area contributed by atoms with Crippen LogP contribution < -0.4 is 20.1 Å². The molecule has 0 spiro atoms. The Hall–Kier alpha value is -3.56. The van der Waals surface area contributed by atoms with Gasteiger partial charge >= 0.3 is 0 Å². The lowest BCUT2D eigenvalue weighted by Crippen LogP contribution is -2.14. The third kappa shape index (κ3) is 4.79. The van der Waals surface area contributed by atoms with Gasteiger partial charge in [-0.05, 0) is 55.0 Å². The van der Waals surface area contributed by atoms with E-state index in [9.17, 15) is 9.59 Å². The number of fused-ring (bicyclic) bond motifs is 2. The maximum Gasteiger partial charge on any atom is 0.255 e. The average Bonchev–Trinajstić information content (AvgIpc) is 3.45. The molecule has 1 aliphatic rings. The fourth-order valence-electron chi connectivity index (χ4n) is 3.31. The van der Waals surface area contributed by atoms with Crippen LogP contribution in [-0.4, -0.2) is 29.3 Å². The lowest BCUT2D eigenvalue weighted by atomic mass is 10.2. The Morgan fingerprint density at radius 3 is 2.76 bits per heavy atom. The molecule has 0 saturated carbocycles. The van der Waals surface area contributed by atoms with Gasteiger partial charge in [-0.3, -0.25) is 9.59 Å². The van der Waals surface area contributed by atoms with Crippen molar-refractivity contribution in [1.82, 2.24) is 4.98 Å². The van der Waals surface area contributed by atoms with Crippen molar-refractivity contribution in [2.45, 2.75) is 11.3 Å². The van der Waals surface area contributed by atoms with Crippen LogP contribution in [0.15, 0.2) is 65.0 Å². The highest BCUT2D eigenvalue weighted by Gasteiger charge is 2.17. The van der Waals surface area contributed by atoms with Gasteiger partial charge in [0.05, 0.1) is 16.0 Å². The predicted octanol–water partition coefficient (Wildman–Crippen LogP) is 5.32. The standard InChI is InChI=1S/C24H19N3O4S2/c1-14-4-2-3-5-17(14)26-22(28)12-32-24-27-18-8-7-16(11-21(18)33-24)25-23(29)15-6-9-19-20(10-15)31-13-30-19/h2-11H,12-13H2,1H3,(H,25,29)(H,26,28). The maximum absolute atomic E-state index is 12.6. The van der Waals surface area contributed by atoms with E-state index in [-0.39, 0.29) is 24.4 Å². The molecule has 0 unspecified atom stereocenters. The van der Waals surface area contributed by atoms with E-state index in [1.807, 2.05) is 49.4 Å². The van der Waals surface area contributed by atoms with Crippen LogP contribution in [0.2, 0.25) is 0 Å². The number of hydrogen-bond acceptors (Lipinski definition) is 7. The SMILES string of the molecule is Cc1ccccc1NC(=O)CSc1nc2ccc(NC(=O)c3ccc4c(c3)OCO4)cc2s1. The van der Waals surface area contributed by atoms with Crippen molar-refractivity contribution in [1.29, 1.82) is 0 Å². The number of rotatable bonds is 6. The van der Waals surface area contributed by atoms with Crippen molar-refractivity contribution in [2.24, 2.45) is 0 Å². The molecule has 2 amide bonds. The molecule has 9 heteroatoms. The molecule has 4 aromatic rings. The van der Waals surface area contributed by atoms with Crippen LogP contribution in [0, 0.1) is 6.92 Å². The summed E-state index contributed by atoms with van der Waals surface area (Å²) in [7, 11) is 0. The number of carbonyl (C=O) groups is 2. The Bertz CT molecular complexity index is 1370. The number of thiazole rings is 1. The highest BCUT2D eigenvalue weighted by Crippen LogP contribution is 2.34. The zero-order valence-electron chi connectivity index (χ0n) is 17.6. The van der Waals surface area contributed by atoms with Crippen molar-refractivity contribution in [3.05, 3.63) is 71.8 Å². The first-order valence-electron chi connectivity index (χ1n) is 10.1. The second-order valence-corrected chi connectivity index (χ2v) is 9.59. The number of amides is 2. The second kappa shape index (κ2) is 9.13. The van der Waals surface area contributed by atoms with Gasteiger partial charge < -0.3 is 20.1 Å². The molecule has 0 fully saturated rings. The van der Waals surface area contributed by atoms with Gasteiger partial charge in [-0.2, -0.15) is 0 Å². The van der Waals surface area contributed by atoms with Crippen LogP contribution >= 0.6 is 23.1 Å². The monoisotopic (exact) mass is 477 g/mol. The number of nitrogens with zero attached hydrogens (tertiary/aromatic N) is 1. The minimum atomic E-state index is -0.236. The normalized spacial score (nSPS) is 12.0. The summed E-state index contributed by atoms with van der Waals surface area (Å²) in [6.45, 7) is 2.12. The zero-order chi connectivity index (χ0) is 22.8. The lowest BCUT2D eigenvalue weighted by molar-refractivity contribution is -0.113. The minimum Gasteiger partial charge on any atom is -0.454 e. The molecule has 33 heavy (non-hydrogen) atoms. The van der Waals surface area contributed by atoms with E-state index in [0.717, 1.165) is 25.8 Å².